The second-order valence-electron chi connectivity index (χ2n) is 20.5. The molecule has 0 aromatic heterocycles. The molecule has 0 aliphatic rings. The molecule has 0 saturated heterocycles. The minimum Gasteiger partial charge on any atom is -0.508 e. The number of amides is 10. The Morgan fingerprint density at radius 3 is 1.32 bits per heavy atom. The summed E-state index contributed by atoms with van der Waals surface area (Å²) in [6.45, 7) is 4.27. The predicted octanol–water partition coefficient (Wildman–Crippen LogP) is -6.49. The number of nitrogens with zero attached hydrogens (tertiary/aromatic N) is 1. The maximum Gasteiger partial charge on any atom is 0.326 e. The lowest BCUT2D eigenvalue weighted by Gasteiger charge is -2.29. The summed E-state index contributed by atoms with van der Waals surface area (Å²) in [5, 5.41) is 78.0. The van der Waals surface area contributed by atoms with E-state index in [9.17, 15) is 103 Å². The van der Waals surface area contributed by atoms with Crippen LogP contribution in [0.25, 0.3) is 0 Å². The highest BCUT2D eigenvalue weighted by Crippen LogP contribution is 2.15. The number of primary amides is 1. The number of carbonyl (C=O) groups is 15. The van der Waals surface area contributed by atoms with Crippen molar-refractivity contribution in [2.45, 2.75) is 171 Å². The fourth-order valence-electron chi connectivity index (χ4n) is 7.98. The number of carboxylic acid groups (broad SMARTS) is 5. The molecule has 88 heavy (non-hydrogen) atoms. The second-order valence-corrected chi connectivity index (χ2v) is 20.5. The molecule has 0 unspecified atom stereocenters. The van der Waals surface area contributed by atoms with Crippen LogP contribution in [0.1, 0.15) is 110 Å². The van der Waals surface area contributed by atoms with Gasteiger partial charge in [0.1, 0.15) is 60.1 Å². The molecule has 0 fully saturated rings. The van der Waals surface area contributed by atoms with Gasteiger partial charge >= 0.3 is 29.8 Å². The van der Waals surface area contributed by atoms with E-state index in [1.54, 1.807) is 0 Å². The molecule has 1 aromatic carbocycles. The number of aliphatic carboxylic acids is 5. The van der Waals surface area contributed by atoms with Gasteiger partial charge in [-0.3, -0.25) is 72.1 Å². The number of carbonyl (C=O) groups excluding carboxylic acids is 10. The number of hydrogen-bond acceptors (Lipinski definition) is 19. The Labute approximate surface area is 503 Å². The van der Waals surface area contributed by atoms with Crippen LogP contribution in [0, 0.1) is 5.92 Å². The average Bonchev–Trinajstić information content (AvgIpc) is 1.70. The molecule has 0 spiro atoms. The number of aromatic hydroxyl groups is 1. The number of rotatable bonds is 43. The van der Waals surface area contributed by atoms with Crippen LogP contribution in [0.3, 0.4) is 0 Å². The summed E-state index contributed by atoms with van der Waals surface area (Å²) in [5.74, 6) is -20.6. The topological polar surface area (TPSA) is 628 Å². The number of aliphatic imine (C=N–C) groups is 1. The van der Waals surface area contributed by atoms with Gasteiger partial charge in [-0.05, 0) is 88.4 Å². The second kappa shape index (κ2) is 39.1. The van der Waals surface area contributed by atoms with Crippen molar-refractivity contribution in [3.63, 3.8) is 0 Å². The zero-order valence-corrected chi connectivity index (χ0v) is 48.6. The Hall–Kier alpha value is -9.74. The van der Waals surface area contributed by atoms with Crippen molar-refractivity contribution >= 4 is 94.9 Å². The van der Waals surface area contributed by atoms with Crippen LogP contribution in [-0.4, -0.2) is 199 Å². The number of nitrogens with one attached hydrogen (secondary N) is 9. The molecule has 25 N–H and O–H groups in total. The third kappa shape index (κ3) is 30.4. The van der Waals surface area contributed by atoms with Gasteiger partial charge in [-0.2, -0.15) is 0 Å². The number of phenolic OH excluding ortho intramolecular Hbond substituents is 1. The molecule has 0 radical (unpaired) electrons. The highest BCUT2D eigenvalue weighted by molar-refractivity contribution is 5.99. The summed E-state index contributed by atoms with van der Waals surface area (Å²) in [6.07, 6.45) is -5.91. The summed E-state index contributed by atoms with van der Waals surface area (Å²) in [6, 6.07) is -11.9. The van der Waals surface area contributed by atoms with Gasteiger partial charge in [0.15, 0.2) is 5.96 Å². The van der Waals surface area contributed by atoms with E-state index in [1.165, 1.54) is 38.1 Å². The SMILES string of the molecule is CC(C)[C@H](NC(=O)[C@H](CC(=O)O)NC(=O)[C@H](CCCCN)NC(=O)[C@@H](N)CCCN=C(N)N)C(=O)N[C@@H](Cc1ccc(O)cc1)C(=O)N[C@@H](CCC(=O)O)C(=O)N[C@@H](CCC(=O)O)C(=O)N[C@@H](C)C(=O)N[C@@H](CCC(=O)O)C(=O)N[C@@H](CC(N)=O)C(=O)O. The standard InChI is InChI=1S/C52H81N15O21/c1-24(2)41(67-49(85)34(23-40(76)77)64-45(81)29(8-4-5-19-53)61-43(79)28(54)7-6-20-58-52(56)57)50(86)65-33(21-26-9-11-27(68)12-10-26)48(84)63-32(15-18-39(74)75)46(82)62-30(13-16-37(70)71)44(80)59-25(3)42(78)60-31(14-17-38(72)73)47(83)66-35(51(87)88)22-36(55)69/h9-12,24-25,28-35,41,68H,4-8,13-23,53-54H2,1-3H3,(H2,55,69)(H,59,80)(H,60,78)(H,61,79)(H,62,82)(H,63,84)(H,64,81)(H,65,86)(H,66,83)(H,67,85)(H,70,71)(H,72,73)(H,74,75)(H,76,77)(H,87,88)(H4,56,57,58)/t25-,28-,29-,30-,31-,32-,33-,34-,35-,41-/m0/s1. The fourth-order valence-corrected chi connectivity index (χ4v) is 7.98. The van der Waals surface area contributed by atoms with E-state index >= 15 is 0 Å². The van der Waals surface area contributed by atoms with Crippen LogP contribution in [0.2, 0.25) is 0 Å². The summed E-state index contributed by atoms with van der Waals surface area (Å²) < 4.78 is 0. The lowest BCUT2D eigenvalue weighted by atomic mass is 9.99. The third-order valence-corrected chi connectivity index (χ3v) is 12.8. The van der Waals surface area contributed by atoms with Gasteiger partial charge in [0.2, 0.25) is 59.1 Å². The molecule has 0 bridgehead atoms. The summed E-state index contributed by atoms with van der Waals surface area (Å²) in [5.41, 5.74) is 27.6. The molecule has 36 heteroatoms. The minimum atomic E-state index is -1.92. The van der Waals surface area contributed by atoms with Gasteiger partial charge in [0, 0.05) is 32.2 Å². The van der Waals surface area contributed by atoms with E-state index < -0.39 is 213 Å². The number of carboxylic acids is 5. The lowest BCUT2D eigenvalue weighted by molar-refractivity contribution is -0.144. The molecular formula is C52H81N15O21. The zero-order chi connectivity index (χ0) is 67.0. The fraction of sp³-hybridized carbons (Fsp3) is 0.577. The molecule has 0 aliphatic carbocycles. The molecule has 1 rings (SSSR count). The molecule has 1 aromatic rings. The van der Waals surface area contributed by atoms with Crippen molar-refractivity contribution in [3.05, 3.63) is 29.8 Å². The Morgan fingerprint density at radius 1 is 0.455 bits per heavy atom. The van der Waals surface area contributed by atoms with E-state index in [1.807, 2.05) is 5.32 Å². The number of nitrogens with two attached hydrogens (primary N) is 5. The van der Waals surface area contributed by atoms with Crippen LogP contribution >= 0.6 is 0 Å². The summed E-state index contributed by atoms with van der Waals surface area (Å²) in [7, 11) is 0. The lowest BCUT2D eigenvalue weighted by Crippen LogP contribution is -2.61. The van der Waals surface area contributed by atoms with Crippen molar-refractivity contribution < 1.29 is 103 Å². The average molecular weight is 1250 g/mol. The first-order chi connectivity index (χ1) is 41.1. The van der Waals surface area contributed by atoms with Crippen molar-refractivity contribution in [1.29, 1.82) is 0 Å². The monoisotopic (exact) mass is 1250 g/mol. The van der Waals surface area contributed by atoms with Crippen LogP contribution in [0.5, 0.6) is 5.75 Å². The molecule has 0 aliphatic heterocycles. The van der Waals surface area contributed by atoms with Gasteiger partial charge in [-0.25, -0.2) is 4.79 Å². The summed E-state index contributed by atoms with van der Waals surface area (Å²) >= 11 is 0. The van der Waals surface area contributed by atoms with Gasteiger partial charge in [0.05, 0.1) is 18.9 Å². The Kier molecular flexibility index (Phi) is 33.9. The van der Waals surface area contributed by atoms with E-state index in [-0.39, 0.29) is 56.0 Å². The number of hydrogen-bond donors (Lipinski definition) is 20. The van der Waals surface area contributed by atoms with Gasteiger partial charge in [-0.15, -0.1) is 0 Å². The number of phenols is 1. The van der Waals surface area contributed by atoms with Crippen LogP contribution in [-0.2, 0) is 78.3 Å². The molecule has 10 atom stereocenters. The molecule has 0 heterocycles. The summed E-state index contributed by atoms with van der Waals surface area (Å²) in [4.78, 5) is 198. The van der Waals surface area contributed by atoms with Crippen molar-refractivity contribution in [2.75, 3.05) is 13.1 Å². The molecular weight excluding hydrogens is 1170 g/mol. The third-order valence-electron chi connectivity index (χ3n) is 12.8. The van der Waals surface area contributed by atoms with Gasteiger partial charge < -0.3 is 107 Å². The maximum atomic E-state index is 14.4. The molecule has 36 nitrogen and oxygen atoms in total. The van der Waals surface area contributed by atoms with Crippen LogP contribution < -0.4 is 76.5 Å². The van der Waals surface area contributed by atoms with E-state index in [0.717, 1.165) is 6.92 Å². The normalized spacial score (nSPS) is 14.3. The predicted molar refractivity (Wildman–Crippen MR) is 305 cm³/mol. The molecule has 0 saturated carbocycles. The molecule has 10 amide bonds. The quantitative estimate of drug-likeness (QED) is 0.0164. The highest BCUT2D eigenvalue weighted by atomic mass is 16.4. The number of guanidine groups is 1. The highest BCUT2D eigenvalue weighted by Gasteiger charge is 2.37. The van der Waals surface area contributed by atoms with Crippen LogP contribution in [0.15, 0.2) is 29.3 Å². The van der Waals surface area contributed by atoms with Crippen molar-refractivity contribution in [1.82, 2.24) is 47.9 Å². The Morgan fingerprint density at radius 2 is 0.875 bits per heavy atom. The number of benzene rings is 1. The van der Waals surface area contributed by atoms with Crippen LogP contribution in [0.4, 0.5) is 0 Å². The van der Waals surface area contributed by atoms with Crippen molar-refractivity contribution in [2.24, 2.45) is 39.6 Å². The van der Waals surface area contributed by atoms with Gasteiger partial charge in [0.25, 0.3) is 0 Å². The van der Waals surface area contributed by atoms with Gasteiger partial charge in [-0.1, -0.05) is 26.0 Å². The largest absolute Gasteiger partial charge is 0.508 e. The minimum absolute atomic E-state index is 0.0357. The first-order valence-electron chi connectivity index (χ1n) is 27.6. The molecule has 490 valence electrons. The Bertz CT molecular complexity index is 2670. The first kappa shape index (κ1) is 76.3. The zero-order valence-electron chi connectivity index (χ0n) is 48.6. The Balaban J connectivity index is 3.61. The maximum absolute atomic E-state index is 14.4. The van der Waals surface area contributed by atoms with E-state index in [4.69, 9.17) is 28.7 Å². The van der Waals surface area contributed by atoms with E-state index in [0.29, 0.717) is 6.42 Å². The smallest absolute Gasteiger partial charge is 0.326 e. The number of unbranched alkanes of at least 4 members (excludes halogenated alkanes) is 1. The van der Waals surface area contributed by atoms with E-state index in [2.05, 4.69) is 47.5 Å². The first-order valence-corrected chi connectivity index (χ1v) is 27.6. The van der Waals surface area contributed by atoms with Crippen molar-refractivity contribution in [3.8, 4) is 5.75 Å².